The number of anilines is 12. The second kappa shape index (κ2) is 42.0. The minimum atomic E-state index is 1.09. The lowest BCUT2D eigenvalue weighted by Gasteiger charge is -2.26. The van der Waals surface area contributed by atoms with E-state index in [4.69, 9.17) is 0 Å². The van der Waals surface area contributed by atoms with Gasteiger partial charge in [-0.25, -0.2) is 0 Å². The summed E-state index contributed by atoms with van der Waals surface area (Å²) in [4.78, 5) is 9.29. The quantitative estimate of drug-likeness (QED) is 0.0441. The fourth-order valence-electron chi connectivity index (χ4n) is 21.3. The third-order valence-electron chi connectivity index (χ3n) is 28.2. The first-order chi connectivity index (χ1) is 73.4. The number of hydrogen-bond acceptors (Lipinski definition) is 4. The summed E-state index contributed by atoms with van der Waals surface area (Å²) < 4.78 is 0. The standard InChI is InChI=1S/C74H52N2.C70H50N2/c1-6-21-53(22-7-1)39-40-54-23-18-24-57(51-54)65-35-19-38-68-66(36-20-37-67(65)68)58-45-50-71-72(52-58)74(56-43-48-64(49-44-56)76(61-29-12-4-13-30-61)62-31-14-5-15-32-62)70-34-17-16-33-69(70)73(71)55-41-46-63(47-42-55)75(59-25-8-2-9-26-59)60-27-10-3-11-28-60;1-6-19-51(20-7-1)33-34-52-21-18-22-57(49-52)53-35-37-54(38-36-53)58-43-48-67-68(50-58)70(56-41-46-64(47-42-56)72(61-27-12-4-13-28-61)62-29-14-5-15-30-62)66-32-17-16-31-65(66)69(67)55-39-44-63(45-40-55)71(59-23-8-2-9-24-59)60-25-10-3-11-26-60/h1-52H;1-50H/b40-39-;34-33-. The summed E-state index contributed by atoms with van der Waals surface area (Å²) in [5.74, 6) is 0. The highest BCUT2D eigenvalue weighted by atomic mass is 15.2. The largest absolute Gasteiger partial charge is 0.311 e. The molecule has 4 nitrogen and oxygen atoms in total. The Kier molecular flexibility index (Phi) is 25.8. The van der Waals surface area contributed by atoms with E-state index in [9.17, 15) is 0 Å². The first-order valence-corrected chi connectivity index (χ1v) is 50.7. The van der Waals surface area contributed by atoms with Gasteiger partial charge in [-0.3, -0.25) is 0 Å². The van der Waals surface area contributed by atoms with Gasteiger partial charge in [0.2, 0.25) is 0 Å². The zero-order chi connectivity index (χ0) is 98.7. The van der Waals surface area contributed by atoms with Crippen LogP contribution in [0.4, 0.5) is 68.2 Å². The van der Waals surface area contributed by atoms with Gasteiger partial charge in [-0.1, -0.05) is 449 Å². The summed E-state index contributed by atoms with van der Waals surface area (Å²) >= 11 is 0. The van der Waals surface area contributed by atoms with Gasteiger partial charge in [-0.15, -0.1) is 0 Å². The Hall–Kier alpha value is -19.5. The van der Waals surface area contributed by atoms with Crippen LogP contribution >= 0.6 is 0 Å². The van der Waals surface area contributed by atoms with E-state index in [1.165, 1.54) is 148 Å². The molecule has 4 heteroatoms. The second-order valence-corrected chi connectivity index (χ2v) is 37.3. The van der Waals surface area contributed by atoms with Crippen molar-refractivity contribution in [3.63, 3.8) is 0 Å². The Morgan fingerprint density at radius 3 is 0.581 bits per heavy atom. The van der Waals surface area contributed by atoms with Crippen LogP contribution in [-0.2, 0) is 0 Å². The van der Waals surface area contributed by atoms with E-state index in [-0.39, 0.29) is 0 Å². The average molecular weight is 1890 g/mol. The highest BCUT2D eigenvalue weighted by Crippen LogP contribution is 2.52. The van der Waals surface area contributed by atoms with Crippen LogP contribution in [-0.4, -0.2) is 0 Å². The van der Waals surface area contributed by atoms with Gasteiger partial charge in [0.15, 0.2) is 0 Å². The number of benzene rings is 25. The third kappa shape index (κ3) is 18.9. The molecule has 0 atom stereocenters. The molecule has 0 radical (unpaired) electrons. The van der Waals surface area contributed by atoms with Crippen molar-refractivity contribution in [3.05, 3.63) is 617 Å². The number of para-hydroxylation sites is 8. The monoisotopic (exact) mass is 1890 g/mol. The van der Waals surface area contributed by atoms with Crippen molar-refractivity contribution >= 4 is 146 Å². The maximum Gasteiger partial charge on any atom is 0.0462 e. The lowest BCUT2D eigenvalue weighted by atomic mass is 9.84. The Balaban J connectivity index is 0.000000158. The van der Waals surface area contributed by atoms with Crippen molar-refractivity contribution in [1.29, 1.82) is 0 Å². The maximum atomic E-state index is 2.45. The van der Waals surface area contributed by atoms with Crippen molar-refractivity contribution in [1.82, 2.24) is 0 Å². The topological polar surface area (TPSA) is 13.0 Å². The van der Waals surface area contributed by atoms with Crippen molar-refractivity contribution in [2.45, 2.75) is 0 Å². The van der Waals surface area contributed by atoms with Gasteiger partial charge < -0.3 is 19.6 Å². The number of nitrogens with zero attached hydrogens (tertiary/aromatic N) is 4. The van der Waals surface area contributed by atoms with E-state index in [0.29, 0.717) is 0 Å². The van der Waals surface area contributed by atoms with Crippen LogP contribution < -0.4 is 19.6 Å². The molecule has 0 fully saturated rings. The van der Waals surface area contributed by atoms with Crippen molar-refractivity contribution in [2.75, 3.05) is 19.6 Å². The Morgan fingerprint density at radius 2 is 0.284 bits per heavy atom. The molecule has 0 heterocycles. The minimum absolute atomic E-state index is 1.09. The SMILES string of the molecule is C(=C/c1cccc(-c2ccc(-c3ccc4c(-c5ccc(N(c6ccccc6)c6ccccc6)cc5)c5ccccc5c(-c5ccc(N(c6ccccc6)c6ccccc6)cc5)c4c3)cc2)c1)/c1ccccc1.C(=C/c1cccc(-c2cccc3c(-c4ccc5c(-c6ccc(N(c7ccccc7)c7ccccc7)cc6)c6ccccc6c(-c6ccc(N(c7ccccc7)c7ccccc7)cc6)c5c4)cccc23)c1)/c1ccccc1. The molecule has 0 aliphatic rings. The Labute approximate surface area is 865 Å². The molecule has 0 unspecified atom stereocenters. The first kappa shape index (κ1) is 91.0. The van der Waals surface area contributed by atoms with E-state index in [2.05, 4.69) is 638 Å². The first-order valence-electron chi connectivity index (χ1n) is 50.7. The molecule has 25 rings (SSSR count). The van der Waals surface area contributed by atoms with Crippen LogP contribution in [0.3, 0.4) is 0 Å². The van der Waals surface area contributed by atoms with Crippen LogP contribution in [0, 0.1) is 0 Å². The Bertz CT molecular complexity index is 8870. The second-order valence-electron chi connectivity index (χ2n) is 37.3. The predicted octanol–water partition coefficient (Wildman–Crippen LogP) is 40.7. The molecule has 148 heavy (non-hydrogen) atoms. The number of fused-ring (bicyclic) bond motifs is 5. The molecule has 25 aromatic rings. The molecule has 0 N–H and O–H groups in total. The summed E-state index contributed by atoms with van der Waals surface area (Å²) in [6.45, 7) is 0. The van der Waals surface area contributed by atoms with Gasteiger partial charge in [0, 0.05) is 68.2 Å². The fourth-order valence-corrected chi connectivity index (χ4v) is 21.3. The molecule has 0 bridgehead atoms. The molecule has 0 spiro atoms. The normalized spacial score (nSPS) is 11.3. The summed E-state index contributed by atoms with van der Waals surface area (Å²) in [5.41, 5.74) is 37.0. The van der Waals surface area contributed by atoms with Crippen LogP contribution in [0.1, 0.15) is 22.3 Å². The average Bonchev–Trinajstić information content (AvgIpc) is 0.747. The molecule has 0 aliphatic carbocycles. The van der Waals surface area contributed by atoms with Gasteiger partial charge in [-0.05, 0) is 335 Å². The zero-order valence-electron chi connectivity index (χ0n) is 81.7. The van der Waals surface area contributed by atoms with Crippen LogP contribution in [0.25, 0.3) is 167 Å². The van der Waals surface area contributed by atoms with Gasteiger partial charge in [0.25, 0.3) is 0 Å². The molecular weight excluding hydrogens is 1790 g/mol. The smallest absolute Gasteiger partial charge is 0.0462 e. The van der Waals surface area contributed by atoms with E-state index >= 15 is 0 Å². The summed E-state index contributed by atoms with van der Waals surface area (Å²) in [5, 5.41) is 12.1. The van der Waals surface area contributed by atoms with Gasteiger partial charge >= 0.3 is 0 Å². The van der Waals surface area contributed by atoms with E-state index in [0.717, 1.165) is 84.9 Å². The number of rotatable bonds is 24. The highest BCUT2D eigenvalue weighted by Gasteiger charge is 2.26. The fraction of sp³-hybridized carbons (Fsp3) is 0. The van der Waals surface area contributed by atoms with Crippen LogP contribution in [0.15, 0.2) is 595 Å². The molecule has 0 aromatic heterocycles. The minimum Gasteiger partial charge on any atom is -0.311 e. The van der Waals surface area contributed by atoms with Crippen molar-refractivity contribution < 1.29 is 0 Å². The molecular formula is C144H102N4. The third-order valence-corrected chi connectivity index (χ3v) is 28.2. The van der Waals surface area contributed by atoms with Gasteiger partial charge in [0.1, 0.15) is 0 Å². The molecule has 0 amide bonds. The maximum absolute atomic E-state index is 2.45. The summed E-state index contributed by atoms with van der Waals surface area (Å²) in [6, 6.07) is 215. The molecule has 0 saturated carbocycles. The molecule has 25 aromatic carbocycles. The lowest BCUT2D eigenvalue weighted by molar-refractivity contribution is 1.28. The molecule has 698 valence electrons. The Morgan fingerprint density at radius 1 is 0.101 bits per heavy atom. The summed E-state index contributed by atoms with van der Waals surface area (Å²) in [7, 11) is 0. The van der Waals surface area contributed by atoms with Crippen LogP contribution in [0.5, 0.6) is 0 Å². The van der Waals surface area contributed by atoms with E-state index < -0.39 is 0 Å². The highest BCUT2D eigenvalue weighted by molar-refractivity contribution is 6.24. The molecule has 0 saturated heterocycles. The van der Waals surface area contributed by atoms with Gasteiger partial charge in [-0.2, -0.15) is 0 Å². The number of hydrogen-bond donors (Lipinski definition) is 0. The van der Waals surface area contributed by atoms with Gasteiger partial charge in [0.05, 0.1) is 0 Å². The predicted molar refractivity (Wildman–Crippen MR) is 633 cm³/mol. The van der Waals surface area contributed by atoms with E-state index in [1.54, 1.807) is 0 Å². The van der Waals surface area contributed by atoms with Crippen molar-refractivity contribution in [3.8, 4) is 89.0 Å². The van der Waals surface area contributed by atoms with Crippen molar-refractivity contribution in [2.24, 2.45) is 0 Å². The molecule has 0 aliphatic heterocycles. The van der Waals surface area contributed by atoms with Crippen LogP contribution in [0.2, 0.25) is 0 Å². The van der Waals surface area contributed by atoms with E-state index in [1.807, 2.05) is 0 Å². The lowest BCUT2D eigenvalue weighted by Crippen LogP contribution is -2.09. The summed E-state index contributed by atoms with van der Waals surface area (Å²) in [6.07, 6.45) is 8.74. The zero-order valence-corrected chi connectivity index (χ0v) is 81.7.